The Kier molecular flexibility index (Phi) is 11.8. The molecule has 0 saturated carbocycles. The monoisotopic (exact) mass is 572 g/mol. The van der Waals surface area contributed by atoms with E-state index in [-0.39, 0.29) is 35.6 Å². The van der Waals surface area contributed by atoms with Crippen molar-refractivity contribution in [2.75, 3.05) is 38.0 Å². The molecule has 0 bridgehead atoms. The van der Waals surface area contributed by atoms with E-state index in [0.717, 1.165) is 22.9 Å². The summed E-state index contributed by atoms with van der Waals surface area (Å²) in [4.78, 5) is 4.27. The van der Waals surface area contributed by atoms with Crippen molar-refractivity contribution < 1.29 is 54.6 Å². The Balaban J connectivity index is 0.00000512. The number of halogens is 2. The van der Waals surface area contributed by atoms with Crippen LogP contribution in [0.25, 0.3) is 0 Å². The average Bonchev–Trinajstić information content (AvgIpc) is 2.60. The number of benzene rings is 2. The molecule has 184 valence electrons. The van der Waals surface area contributed by atoms with Gasteiger partial charge < -0.3 is 24.8 Å². The Morgan fingerprint density at radius 1 is 0.606 bits per heavy atom. The first-order chi connectivity index (χ1) is 14.1. The standard InChI is InChI=1S/2C13H21NO.2ClH.Zr/c2*1-9-7-10(13(2,3)4)12(15)11(8-9)14(5)6;;;/h2*7-8,15H,1-6H3;2*1H;/q;;;;+4/p-4. The van der Waals surface area contributed by atoms with Crippen LogP contribution in [0.3, 0.4) is 0 Å². The van der Waals surface area contributed by atoms with Gasteiger partial charge in [0.05, 0.1) is 0 Å². The minimum Gasteiger partial charge on any atom is -1.00 e. The summed E-state index contributed by atoms with van der Waals surface area (Å²) in [6.07, 6.45) is 0. The molecular formula is C26H40Cl2N2O2Zr. The second-order valence-electron chi connectivity index (χ2n) is 10.9. The molecule has 0 amide bonds. The smallest absolute Gasteiger partial charge is 1.00 e. The van der Waals surface area contributed by atoms with E-state index in [1.54, 1.807) is 0 Å². The fourth-order valence-electron chi connectivity index (χ4n) is 3.61. The van der Waals surface area contributed by atoms with Gasteiger partial charge in [0.15, 0.2) is 0 Å². The van der Waals surface area contributed by atoms with Crippen molar-refractivity contribution in [2.24, 2.45) is 0 Å². The molecular weight excluding hydrogens is 534 g/mol. The van der Waals surface area contributed by atoms with Gasteiger partial charge in [-0.25, -0.2) is 0 Å². The number of hydrogen-bond acceptors (Lipinski definition) is 4. The van der Waals surface area contributed by atoms with E-state index in [4.69, 9.17) is 5.63 Å². The second-order valence-corrected chi connectivity index (χ2v) is 12.3. The molecule has 2 aromatic rings. The number of anilines is 2. The van der Waals surface area contributed by atoms with Gasteiger partial charge in [-0.15, -0.1) is 0 Å². The molecule has 0 atom stereocenters. The fourth-order valence-corrected chi connectivity index (χ4v) is 5.17. The molecule has 2 rings (SSSR count). The summed E-state index contributed by atoms with van der Waals surface area (Å²) < 4.78 is 13.1. The van der Waals surface area contributed by atoms with E-state index in [1.807, 2.05) is 0 Å². The molecule has 0 saturated heterocycles. The number of nitrogens with zero attached hydrogens (tertiary/aromatic N) is 2. The Labute approximate surface area is 227 Å². The van der Waals surface area contributed by atoms with E-state index in [0.29, 0.717) is 0 Å². The first-order valence-electron chi connectivity index (χ1n) is 10.9. The minimum atomic E-state index is -1.66. The van der Waals surface area contributed by atoms with Crippen molar-refractivity contribution in [3.8, 4) is 11.5 Å². The summed E-state index contributed by atoms with van der Waals surface area (Å²) in [7, 11) is 8.28. The predicted octanol–water partition coefficient (Wildman–Crippen LogP) is 0.409. The van der Waals surface area contributed by atoms with Gasteiger partial charge in [-0.05, 0) is 0 Å². The van der Waals surface area contributed by atoms with Gasteiger partial charge >= 0.3 is 203 Å². The van der Waals surface area contributed by atoms with Crippen molar-refractivity contribution in [2.45, 2.75) is 66.2 Å². The summed E-state index contributed by atoms with van der Waals surface area (Å²) in [5, 5.41) is 0. The largest absolute Gasteiger partial charge is 1.00 e. The topological polar surface area (TPSA) is 24.9 Å². The zero-order chi connectivity index (χ0) is 23.7. The minimum absolute atomic E-state index is 0. The van der Waals surface area contributed by atoms with E-state index in [2.05, 4.69) is 118 Å². The van der Waals surface area contributed by atoms with Crippen molar-refractivity contribution >= 4 is 11.4 Å². The zero-order valence-corrected chi connectivity index (χ0v) is 26.2. The normalized spacial score (nSPS) is 11.0. The van der Waals surface area contributed by atoms with Crippen LogP contribution in [-0.2, 0) is 34.9 Å². The van der Waals surface area contributed by atoms with Crippen molar-refractivity contribution in [3.63, 3.8) is 0 Å². The molecule has 2 aromatic carbocycles. The molecule has 0 spiro atoms. The van der Waals surface area contributed by atoms with E-state index >= 15 is 0 Å². The molecule has 0 aliphatic rings. The number of aryl methyl sites for hydroxylation is 2. The molecule has 0 fully saturated rings. The van der Waals surface area contributed by atoms with Gasteiger partial charge in [0.1, 0.15) is 0 Å². The van der Waals surface area contributed by atoms with Crippen LogP contribution in [0.4, 0.5) is 11.4 Å². The number of rotatable bonds is 6. The fraction of sp³-hybridized carbons (Fsp3) is 0.538. The molecule has 0 unspecified atom stereocenters. The third-order valence-electron chi connectivity index (χ3n) is 5.29. The molecule has 0 aliphatic heterocycles. The van der Waals surface area contributed by atoms with Crippen LogP contribution in [0.5, 0.6) is 11.5 Å². The van der Waals surface area contributed by atoms with Crippen LogP contribution < -0.4 is 40.2 Å². The van der Waals surface area contributed by atoms with Crippen LogP contribution >= 0.6 is 0 Å². The van der Waals surface area contributed by atoms with Gasteiger partial charge in [0.2, 0.25) is 0 Å². The average molecular weight is 575 g/mol. The van der Waals surface area contributed by atoms with Gasteiger partial charge in [-0.1, -0.05) is 0 Å². The molecule has 0 N–H and O–H groups in total. The molecule has 0 aromatic heterocycles. The first kappa shape index (κ1) is 32.1. The SMILES string of the molecule is Cc1cc(N(C)C)c([O][Zr+2][O]c2c(N(C)C)cc(C)cc2C(C)(C)C)c(C(C)(C)C)c1.[Cl-].[Cl-]. The van der Waals surface area contributed by atoms with Crippen molar-refractivity contribution in [3.05, 3.63) is 46.5 Å². The molecule has 33 heavy (non-hydrogen) atoms. The Hall–Kier alpha value is -0.897. The van der Waals surface area contributed by atoms with Gasteiger partial charge in [-0.3, -0.25) is 0 Å². The first-order valence-corrected chi connectivity index (χ1v) is 12.9. The predicted molar refractivity (Wildman–Crippen MR) is 130 cm³/mol. The summed E-state index contributed by atoms with van der Waals surface area (Å²) in [6, 6.07) is 8.89. The van der Waals surface area contributed by atoms with Gasteiger partial charge in [-0.2, -0.15) is 0 Å². The van der Waals surface area contributed by atoms with Crippen molar-refractivity contribution in [1.29, 1.82) is 0 Å². The molecule has 4 nitrogen and oxygen atoms in total. The third-order valence-corrected chi connectivity index (χ3v) is 6.71. The van der Waals surface area contributed by atoms with Crippen LogP contribution in [0.15, 0.2) is 24.3 Å². The summed E-state index contributed by atoms with van der Waals surface area (Å²) in [5.41, 5.74) is 7.15. The van der Waals surface area contributed by atoms with Crippen molar-refractivity contribution in [1.82, 2.24) is 0 Å². The third kappa shape index (κ3) is 8.08. The second kappa shape index (κ2) is 12.2. The molecule has 0 aliphatic carbocycles. The van der Waals surface area contributed by atoms with Crippen LogP contribution in [0.2, 0.25) is 0 Å². The van der Waals surface area contributed by atoms with Gasteiger partial charge in [0.25, 0.3) is 0 Å². The molecule has 7 heteroatoms. The van der Waals surface area contributed by atoms with E-state index in [1.165, 1.54) is 22.3 Å². The van der Waals surface area contributed by atoms with E-state index < -0.39 is 24.1 Å². The van der Waals surface area contributed by atoms with Gasteiger partial charge in [0, 0.05) is 0 Å². The Morgan fingerprint density at radius 3 is 1.15 bits per heavy atom. The van der Waals surface area contributed by atoms with Crippen LogP contribution in [-0.4, -0.2) is 28.2 Å². The Bertz CT molecular complexity index is 858. The molecule has 0 radical (unpaired) electrons. The Morgan fingerprint density at radius 2 is 0.909 bits per heavy atom. The molecule has 0 heterocycles. The summed E-state index contributed by atoms with van der Waals surface area (Å²) >= 11 is -1.66. The number of hydrogen-bond donors (Lipinski definition) is 0. The zero-order valence-electron chi connectivity index (χ0n) is 22.3. The maximum Gasteiger partial charge on any atom is -1.00 e. The van der Waals surface area contributed by atoms with Crippen LogP contribution in [0, 0.1) is 13.8 Å². The maximum absolute atomic E-state index is 6.54. The summed E-state index contributed by atoms with van der Waals surface area (Å²) in [5.74, 6) is 1.93. The van der Waals surface area contributed by atoms with Crippen LogP contribution in [0.1, 0.15) is 63.8 Å². The van der Waals surface area contributed by atoms with E-state index in [9.17, 15) is 0 Å². The quantitative estimate of drug-likeness (QED) is 0.499. The summed E-state index contributed by atoms with van der Waals surface area (Å²) in [6.45, 7) is 17.7. The maximum atomic E-state index is 6.54.